The van der Waals surface area contributed by atoms with Crippen molar-refractivity contribution in [2.75, 3.05) is 26.9 Å². The van der Waals surface area contributed by atoms with E-state index in [0.717, 1.165) is 39.0 Å². The van der Waals surface area contributed by atoms with Crippen molar-refractivity contribution >= 4 is 0 Å². The molecule has 0 radical (unpaired) electrons. The quantitative estimate of drug-likeness (QED) is 0.693. The Balaban J connectivity index is 2.56. The third-order valence-electron chi connectivity index (χ3n) is 3.62. The SMILES string of the molecule is CCCNC(COCC)C1(OC)CCCC1. The van der Waals surface area contributed by atoms with Gasteiger partial charge in [-0.05, 0) is 32.7 Å². The lowest BCUT2D eigenvalue weighted by Crippen LogP contribution is -2.53. The Hall–Kier alpha value is -0.120. The second-order valence-corrected chi connectivity index (χ2v) is 4.64. The molecule has 0 bridgehead atoms. The summed E-state index contributed by atoms with van der Waals surface area (Å²) in [5.41, 5.74) is 0.0182. The van der Waals surface area contributed by atoms with Gasteiger partial charge in [-0.1, -0.05) is 19.8 Å². The molecule has 1 unspecified atom stereocenters. The molecule has 1 aliphatic carbocycles. The minimum absolute atomic E-state index is 0.0182. The van der Waals surface area contributed by atoms with Crippen LogP contribution in [0.3, 0.4) is 0 Å². The largest absolute Gasteiger partial charge is 0.380 e. The van der Waals surface area contributed by atoms with Crippen molar-refractivity contribution in [3.05, 3.63) is 0 Å². The van der Waals surface area contributed by atoms with Gasteiger partial charge in [0.25, 0.3) is 0 Å². The maximum absolute atomic E-state index is 5.81. The summed E-state index contributed by atoms with van der Waals surface area (Å²) >= 11 is 0. The fourth-order valence-corrected chi connectivity index (χ4v) is 2.62. The van der Waals surface area contributed by atoms with Crippen molar-refractivity contribution in [1.82, 2.24) is 5.32 Å². The van der Waals surface area contributed by atoms with Gasteiger partial charge in [-0.3, -0.25) is 0 Å². The van der Waals surface area contributed by atoms with E-state index in [2.05, 4.69) is 12.2 Å². The Morgan fingerprint density at radius 2 is 1.94 bits per heavy atom. The molecule has 3 nitrogen and oxygen atoms in total. The topological polar surface area (TPSA) is 30.5 Å². The van der Waals surface area contributed by atoms with Gasteiger partial charge in [-0.25, -0.2) is 0 Å². The second-order valence-electron chi connectivity index (χ2n) is 4.64. The lowest BCUT2D eigenvalue weighted by Gasteiger charge is -2.36. The fraction of sp³-hybridized carbons (Fsp3) is 1.00. The van der Waals surface area contributed by atoms with Crippen LogP contribution in [0.15, 0.2) is 0 Å². The molecule has 0 aromatic rings. The highest BCUT2D eigenvalue weighted by Gasteiger charge is 2.41. The smallest absolute Gasteiger partial charge is 0.0853 e. The molecule has 96 valence electrons. The van der Waals surface area contributed by atoms with Crippen LogP contribution in [-0.2, 0) is 9.47 Å². The first-order chi connectivity index (χ1) is 7.79. The maximum atomic E-state index is 5.81. The second kappa shape index (κ2) is 7.25. The van der Waals surface area contributed by atoms with E-state index in [-0.39, 0.29) is 5.60 Å². The van der Waals surface area contributed by atoms with Crippen molar-refractivity contribution < 1.29 is 9.47 Å². The molecule has 0 amide bonds. The first-order valence-electron chi connectivity index (χ1n) is 6.65. The Morgan fingerprint density at radius 3 is 2.44 bits per heavy atom. The first kappa shape index (κ1) is 13.9. The van der Waals surface area contributed by atoms with Gasteiger partial charge in [0.1, 0.15) is 0 Å². The summed E-state index contributed by atoms with van der Waals surface area (Å²) in [6, 6.07) is 0.347. The van der Waals surface area contributed by atoms with Gasteiger partial charge in [0.05, 0.1) is 18.2 Å². The Bertz CT molecular complexity index is 171. The standard InChI is InChI=1S/C13H27NO2/c1-4-10-14-12(11-16-5-2)13(15-3)8-6-7-9-13/h12,14H,4-11H2,1-3H3. The van der Waals surface area contributed by atoms with Crippen molar-refractivity contribution in [1.29, 1.82) is 0 Å². The highest BCUT2D eigenvalue weighted by atomic mass is 16.5. The first-order valence-corrected chi connectivity index (χ1v) is 6.65. The highest BCUT2D eigenvalue weighted by molar-refractivity contribution is 4.96. The minimum Gasteiger partial charge on any atom is -0.380 e. The van der Waals surface area contributed by atoms with Gasteiger partial charge in [0.15, 0.2) is 0 Å². The Labute approximate surface area is 99.9 Å². The van der Waals surface area contributed by atoms with Crippen LogP contribution in [0.2, 0.25) is 0 Å². The average Bonchev–Trinajstić information content (AvgIpc) is 2.79. The monoisotopic (exact) mass is 229 g/mol. The van der Waals surface area contributed by atoms with E-state index < -0.39 is 0 Å². The molecule has 3 heteroatoms. The predicted octanol–water partition coefficient (Wildman–Crippen LogP) is 2.35. The van der Waals surface area contributed by atoms with Crippen LogP contribution in [0.1, 0.15) is 46.0 Å². The minimum atomic E-state index is 0.0182. The zero-order valence-electron chi connectivity index (χ0n) is 11.1. The molecule has 1 fully saturated rings. The molecule has 1 saturated carbocycles. The highest BCUT2D eigenvalue weighted by Crippen LogP contribution is 2.35. The number of hydrogen-bond donors (Lipinski definition) is 1. The number of ether oxygens (including phenoxy) is 2. The molecule has 1 N–H and O–H groups in total. The maximum Gasteiger partial charge on any atom is 0.0853 e. The summed E-state index contributed by atoms with van der Waals surface area (Å²) in [5.74, 6) is 0. The fourth-order valence-electron chi connectivity index (χ4n) is 2.62. The Kier molecular flexibility index (Phi) is 6.32. The lowest BCUT2D eigenvalue weighted by atomic mass is 9.92. The van der Waals surface area contributed by atoms with E-state index in [0.29, 0.717) is 6.04 Å². The number of methoxy groups -OCH3 is 1. The molecule has 0 saturated heterocycles. The number of hydrogen-bond acceptors (Lipinski definition) is 3. The average molecular weight is 229 g/mol. The van der Waals surface area contributed by atoms with Gasteiger partial charge < -0.3 is 14.8 Å². The molecule has 0 spiro atoms. The molecular weight excluding hydrogens is 202 g/mol. The van der Waals surface area contributed by atoms with Crippen molar-refractivity contribution in [3.63, 3.8) is 0 Å². The van der Waals surface area contributed by atoms with Crippen LogP contribution in [0.25, 0.3) is 0 Å². The summed E-state index contributed by atoms with van der Waals surface area (Å²) in [6.07, 6.45) is 6.05. The predicted molar refractivity (Wildman–Crippen MR) is 66.8 cm³/mol. The normalized spacial score (nSPS) is 21.2. The zero-order valence-corrected chi connectivity index (χ0v) is 11.1. The van der Waals surface area contributed by atoms with Crippen LogP contribution in [-0.4, -0.2) is 38.5 Å². The van der Waals surface area contributed by atoms with E-state index in [1.165, 1.54) is 12.8 Å². The van der Waals surface area contributed by atoms with Crippen LogP contribution in [0.4, 0.5) is 0 Å². The third kappa shape index (κ3) is 3.44. The molecular formula is C13H27NO2. The van der Waals surface area contributed by atoms with Gasteiger partial charge in [0, 0.05) is 13.7 Å². The molecule has 0 aromatic carbocycles. The molecule has 0 aromatic heterocycles. The Morgan fingerprint density at radius 1 is 1.25 bits per heavy atom. The van der Waals surface area contributed by atoms with E-state index in [4.69, 9.17) is 9.47 Å². The molecule has 1 atom stereocenters. The lowest BCUT2D eigenvalue weighted by molar-refractivity contribution is -0.0584. The summed E-state index contributed by atoms with van der Waals surface area (Å²) in [7, 11) is 1.85. The van der Waals surface area contributed by atoms with Crippen LogP contribution >= 0.6 is 0 Å². The van der Waals surface area contributed by atoms with E-state index in [1.807, 2.05) is 14.0 Å². The van der Waals surface area contributed by atoms with Crippen molar-refractivity contribution in [2.24, 2.45) is 0 Å². The van der Waals surface area contributed by atoms with Gasteiger partial charge in [-0.2, -0.15) is 0 Å². The van der Waals surface area contributed by atoms with Crippen molar-refractivity contribution in [2.45, 2.75) is 57.6 Å². The summed E-state index contributed by atoms with van der Waals surface area (Å²) in [6.45, 7) is 6.83. The van der Waals surface area contributed by atoms with Crippen LogP contribution < -0.4 is 5.32 Å². The molecule has 16 heavy (non-hydrogen) atoms. The number of rotatable bonds is 8. The van der Waals surface area contributed by atoms with E-state index >= 15 is 0 Å². The van der Waals surface area contributed by atoms with Crippen LogP contribution in [0, 0.1) is 0 Å². The summed E-state index contributed by atoms with van der Waals surface area (Å²) in [4.78, 5) is 0. The molecule has 1 aliphatic rings. The summed E-state index contributed by atoms with van der Waals surface area (Å²) < 4.78 is 11.4. The van der Waals surface area contributed by atoms with Crippen molar-refractivity contribution in [3.8, 4) is 0 Å². The molecule has 1 rings (SSSR count). The van der Waals surface area contributed by atoms with E-state index in [1.54, 1.807) is 0 Å². The van der Waals surface area contributed by atoms with Gasteiger partial charge in [-0.15, -0.1) is 0 Å². The molecule has 0 heterocycles. The summed E-state index contributed by atoms with van der Waals surface area (Å²) in [5, 5.41) is 3.59. The van der Waals surface area contributed by atoms with Crippen LogP contribution in [0.5, 0.6) is 0 Å². The van der Waals surface area contributed by atoms with Gasteiger partial charge >= 0.3 is 0 Å². The zero-order chi connectivity index (χ0) is 11.9. The molecule has 0 aliphatic heterocycles. The van der Waals surface area contributed by atoms with Gasteiger partial charge in [0.2, 0.25) is 0 Å². The van der Waals surface area contributed by atoms with E-state index in [9.17, 15) is 0 Å². The third-order valence-corrected chi connectivity index (χ3v) is 3.62. The number of nitrogens with one attached hydrogen (secondary N) is 1.